The topological polar surface area (TPSA) is 104 Å². The van der Waals surface area contributed by atoms with E-state index in [0.29, 0.717) is 80.6 Å². The molecule has 0 spiro atoms. The van der Waals surface area contributed by atoms with Crippen molar-refractivity contribution in [1.29, 1.82) is 0 Å². The Morgan fingerprint density at radius 1 is 0.800 bits per heavy atom. The minimum absolute atomic E-state index is 0.111. The van der Waals surface area contributed by atoms with Gasteiger partial charge >= 0.3 is 0 Å². The number of rotatable bonds is 9. The molecule has 0 aromatic heterocycles. The summed E-state index contributed by atoms with van der Waals surface area (Å²) in [6.45, 7) is 3.45. The van der Waals surface area contributed by atoms with E-state index in [-0.39, 0.29) is 4.90 Å². The Morgan fingerprint density at radius 3 is 2.46 bits per heavy atom. The van der Waals surface area contributed by atoms with Gasteiger partial charge in [0.2, 0.25) is 5.75 Å². The van der Waals surface area contributed by atoms with Gasteiger partial charge in [0.15, 0.2) is 23.0 Å². The second-order valence-corrected chi connectivity index (χ2v) is 9.60. The number of fused-ring (bicyclic) bond motifs is 2. The van der Waals surface area contributed by atoms with Crippen molar-refractivity contribution in [1.82, 2.24) is 5.32 Å². The Bertz CT molecular complexity index is 1300. The van der Waals surface area contributed by atoms with Crippen LogP contribution in [0.4, 0.5) is 5.69 Å². The minimum atomic E-state index is -3.78. The van der Waals surface area contributed by atoms with Gasteiger partial charge in [-0.2, -0.15) is 0 Å². The van der Waals surface area contributed by atoms with E-state index in [4.69, 9.17) is 23.7 Å². The van der Waals surface area contributed by atoms with Crippen molar-refractivity contribution in [3.8, 4) is 28.7 Å². The van der Waals surface area contributed by atoms with Crippen LogP contribution in [-0.4, -0.2) is 48.0 Å². The molecule has 0 amide bonds. The van der Waals surface area contributed by atoms with Crippen molar-refractivity contribution >= 4 is 15.7 Å². The third-order valence-corrected chi connectivity index (χ3v) is 6.78. The fourth-order valence-corrected chi connectivity index (χ4v) is 4.84. The number of hydrogen-bond donors (Lipinski definition) is 2. The highest BCUT2D eigenvalue weighted by molar-refractivity contribution is 7.92. The lowest BCUT2D eigenvalue weighted by Gasteiger charge is -2.20. The summed E-state index contributed by atoms with van der Waals surface area (Å²) < 4.78 is 56.4. The van der Waals surface area contributed by atoms with E-state index in [1.54, 1.807) is 18.2 Å². The molecule has 3 aromatic rings. The predicted molar refractivity (Wildman–Crippen MR) is 129 cm³/mol. The minimum Gasteiger partial charge on any atom is -0.488 e. The van der Waals surface area contributed by atoms with Crippen molar-refractivity contribution in [2.45, 2.75) is 11.4 Å². The predicted octanol–water partition coefficient (Wildman–Crippen LogP) is 3.20. The fraction of sp³-hybridized carbons (Fsp3) is 0.280. The van der Waals surface area contributed by atoms with E-state index >= 15 is 0 Å². The lowest BCUT2D eigenvalue weighted by molar-refractivity contribution is 0.162. The molecule has 2 N–H and O–H groups in total. The number of para-hydroxylation sites is 1. The van der Waals surface area contributed by atoms with Crippen molar-refractivity contribution in [3.63, 3.8) is 0 Å². The molecule has 35 heavy (non-hydrogen) atoms. The van der Waals surface area contributed by atoms with Gasteiger partial charge in [0, 0.05) is 24.8 Å². The van der Waals surface area contributed by atoms with E-state index in [9.17, 15) is 8.42 Å². The molecule has 0 fully saturated rings. The summed E-state index contributed by atoms with van der Waals surface area (Å²) in [5.41, 5.74) is 1.41. The normalized spacial score (nSPS) is 14.3. The summed E-state index contributed by atoms with van der Waals surface area (Å²) in [6, 6.07) is 17.4. The summed E-state index contributed by atoms with van der Waals surface area (Å²) in [7, 11) is -3.78. The molecule has 9 nitrogen and oxygen atoms in total. The molecule has 0 saturated carbocycles. The second kappa shape index (κ2) is 10.3. The van der Waals surface area contributed by atoms with Crippen LogP contribution in [0.2, 0.25) is 0 Å². The first-order valence-electron chi connectivity index (χ1n) is 11.3. The Hall–Kier alpha value is -3.63. The van der Waals surface area contributed by atoms with E-state index < -0.39 is 10.0 Å². The van der Waals surface area contributed by atoms with Crippen LogP contribution in [-0.2, 0) is 16.6 Å². The van der Waals surface area contributed by atoms with Crippen molar-refractivity contribution < 1.29 is 32.1 Å². The summed E-state index contributed by atoms with van der Waals surface area (Å²) >= 11 is 0. The van der Waals surface area contributed by atoms with Gasteiger partial charge in [0.05, 0.1) is 4.90 Å². The first kappa shape index (κ1) is 23.1. The Kier molecular flexibility index (Phi) is 6.82. The van der Waals surface area contributed by atoms with Crippen LogP contribution in [0.3, 0.4) is 0 Å². The molecule has 10 heteroatoms. The van der Waals surface area contributed by atoms with Gasteiger partial charge in [0.1, 0.15) is 33.0 Å². The molecule has 2 aliphatic rings. The molecule has 0 aliphatic carbocycles. The highest BCUT2D eigenvalue weighted by atomic mass is 32.2. The molecule has 0 saturated heterocycles. The van der Waals surface area contributed by atoms with Gasteiger partial charge in [-0.25, -0.2) is 8.42 Å². The molecule has 2 aliphatic heterocycles. The summed E-state index contributed by atoms with van der Waals surface area (Å²) in [5, 5.41) is 3.30. The van der Waals surface area contributed by atoms with Crippen molar-refractivity contribution in [3.05, 3.63) is 66.2 Å². The monoisotopic (exact) mass is 498 g/mol. The molecule has 184 valence electrons. The third kappa shape index (κ3) is 5.55. The van der Waals surface area contributed by atoms with Crippen LogP contribution >= 0.6 is 0 Å². The molecule has 5 rings (SSSR count). The van der Waals surface area contributed by atoms with Crippen LogP contribution in [0.5, 0.6) is 28.7 Å². The van der Waals surface area contributed by atoms with Gasteiger partial charge in [-0.3, -0.25) is 4.72 Å². The average molecular weight is 499 g/mol. The smallest absolute Gasteiger partial charge is 0.262 e. The maximum Gasteiger partial charge on any atom is 0.262 e. The number of anilines is 1. The number of ether oxygens (including phenoxy) is 5. The van der Waals surface area contributed by atoms with Gasteiger partial charge in [0.25, 0.3) is 10.0 Å². The largest absolute Gasteiger partial charge is 0.488 e. The van der Waals surface area contributed by atoms with Crippen LogP contribution in [0.25, 0.3) is 0 Å². The summed E-state index contributed by atoms with van der Waals surface area (Å²) in [6.07, 6.45) is 0. The van der Waals surface area contributed by atoms with Crippen molar-refractivity contribution in [2.24, 2.45) is 0 Å². The molecule has 0 bridgehead atoms. The van der Waals surface area contributed by atoms with Gasteiger partial charge in [-0.1, -0.05) is 18.2 Å². The standard InChI is InChI=1S/C25H26N2O7S/c28-35(29,20-7-8-21-24(16-20)33-12-11-31-21)27-19-4-1-3-18(15-19)17-26-9-10-30-22-5-2-6-23-25(22)34-14-13-32-23/h1-8,15-16,26-27H,9-14,17H2. The van der Waals surface area contributed by atoms with Crippen molar-refractivity contribution in [2.75, 3.05) is 44.3 Å². The summed E-state index contributed by atoms with van der Waals surface area (Å²) in [4.78, 5) is 0.111. The van der Waals surface area contributed by atoms with Crippen LogP contribution < -0.4 is 33.7 Å². The molecule has 3 aromatic carbocycles. The number of hydrogen-bond acceptors (Lipinski definition) is 8. The number of benzene rings is 3. The molecule has 2 heterocycles. The van der Waals surface area contributed by atoms with Crippen LogP contribution in [0, 0.1) is 0 Å². The maximum atomic E-state index is 12.9. The van der Waals surface area contributed by atoms with E-state index in [0.717, 1.165) is 5.56 Å². The zero-order valence-electron chi connectivity index (χ0n) is 19.0. The fourth-order valence-electron chi connectivity index (χ4n) is 3.78. The molecular formula is C25H26N2O7S. The average Bonchev–Trinajstić information content (AvgIpc) is 2.88. The first-order chi connectivity index (χ1) is 17.1. The molecule has 0 unspecified atom stereocenters. The lowest BCUT2D eigenvalue weighted by atomic mass is 10.2. The SMILES string of the molecule is O=S(=O)(Nc1cccc(CNCCOc2cccc3c2OCCO3)c1)c1ccc2c(c1)OCCO2. The van der Waals surface area contributed by atoms with E-state index in [1.807, 2.05) is 30.3 Å². The van der Waals surface area contributed by atoms with Gasteiger partial charge < -0.3 is 29.0 Å². The van der Waals surface area contributed by atoms with Gasteiger partial charge in [-0.05, 0) is 42.0 Å². The second-order valence-electron chi connectivity index (χ2n) is 7.92. The van der Waals surface area contributed by atoms with E-state index in [1.165, 1.54) is 12.1 Å². The quantitative estimate of drug-likeness (QED) is 0.434. The highest BCUT2D eigenvalue weighted by Gasteiger charge is 2.20. The molecule has 0 atom stereocenters. The Labute approximate surface area is 204 Å². The molecular weight excluding hydrogens is 472 g/mol. The third-order valence-electron chi connectivity index (χ3n) is 5.40. The summed E-state index contributed by atoms with van der Waals surface area (Å²) in [5.74, 6) is 2.95. The maximum absolute atomic E-state index is 12.9. The van der Waals surface area contributed by atoms with Crippen LogP contribution in [0.15, 0.2) is 65.6 Å². The Balaban J connectivity index is 1.14. The molecule has 0 radical (unpaired) electrons. The number of nitrogens with one attached hydrogen (secondary N) is 2. The van der Waals surface area contributed by atoms with E-state index in [2.05, 4.69) is 10.0 Å². The first-order valence-corrected chi connectivity index (χ1v) is 12.8. The van der Waals surface area contributed by atoms with Crippen LogP contribution in [0.1, 0.15) is 5.56 Å². The van der Waals surface area contributed by atoms with Gasteiger partial charge in [-0.15, -0.1) is 0 Å². The lowest BCUT2D eigenvalue weighted by Crippen LogP contribution is -2.21. The Morgan fingerprint density at radius 2 is 1.57 bits per heavy atom. The zero-order valence-corrected chi connectivity index (χ0v) is 19.8. The number of sulfonamides is 1. The zero-order chi connectivity index (χ0) is 24.1. The highest BCUT2D eigenvalue weighted by Crippen LogP contribution is 2.38.